The lowest BCUT2D eigenvalue weighted by molar-refractivity contribution is 0.119. The Labute approximate surface area is 83.5 Å². The fourth-order valence-corrected chi connectivity index (χ4v) is 1.49. The molecule has 0 unspecified atom stereocenters. The van der Waals surface area contributed by atoms with Gasteiger partial charge in [-0.15, -0.1) is 0 Å². The second kappa shape index (κ2) is 3.84. The van der Waals surface area contributed by atoms with Crippen molar-refractivity contribution >= 4 is 11.0 Å². The van der Waals surface area contributed by atoms with E-state index in [1.54, 1.807) is 0 Å². The van der Waals surface area contributed by atoms with Crippen LogP contribution in [0.25, 0.3) is 11.0 Å². The maximum Gasteiger partial charge on any atom is 0.134 e. The summed E-state index contributed by atoms with van der Waals surface area (Å²) in [7, 11) is 0. The van der Waals surface area contributed by atoms with Crippen LogP contribution in [0.1, 0.15) is 18.2 Å². The summed E-state index contributed by atoms with van der Waals surface area (Å²) in [6, 6.07) is 8.21. The Morgan fingerprint density at radius 1 is 1.29 bits per heavy atom. The van der Waals surface area contributed by atoms with Gasteiger partial charge < -0.3 is 9.15 Å². The average Bonchev–Trinajstić information content (AvgIpc) is 2.56. The van der Waals surface area contributed by atoms with Crippen molar-refractivity contribution in [3.05, 3.63) is 35.6 Å². The van der Waals surface area contributed by atoms with Crippen molar-refractivity contribution in [2.75, 3.05) is 6.61 Å². The first-order valence-electron chi connectivity index (χ1n) is 4.86. The van der Waals surface area contributed by atoms with Gasteiger partial charge in [0.1, 0.15) is 18.0 Å². The minimum atomic E-state index is 0.560. The molecule has 2 heteroatoms. The molecule has 1 heterocycles. The lowest BCUT2D eigenvalue weighted by Gasteiger charge is -1.94. The molecule has 0 spiro atoms. The lowest BCUT2D eigenvalue weighted by atomic mass is 10.2. The molecule has 1 aromatic heterocycles. The van der Waals surface area contributed by atoms with E-state index in [1.807, 2.05) is 19.1 Å². The molecule has 74 valence electrons. The molecule has 0 fully saturated rings. The van der Waals surface area contributed by atoms with Crippen molar-refractivity contribution < 1.29 is 9.15 Å². The number of hydrogen-bond acceptors (Lipinski definition) is 2. The highest BCUT2D eigenvalue weighted by molar-refractivity contribution is 5.78. The Morgan fingerprint density at radius 3 is 2.93 bits per heavy atom. The van der Waals surface area contributed by atoms with Crippen molar-refractivity contribution in [1.29, 1.82) is 0 Å². The number of ether oxygens (including phenoxy) is 1. The Bertz CT molecular complexity index is 429. The maximum absolute atomic E-state index is 5.60. The summed E-state index contributed by atoms with van der Waals surface area (Å²) in [5, 5.41) is 1.15. The SMILES string of the molecule is CCOCc1cc2cc(C)ccc2o1. The van der Waals surface area contributed by atoms with Crippen LogP contribution in [0, 0.1) is 6.92 Å². The summed E-state index contributed by atoms with van der Waals surface area (Å²) in [6.07, 6.45) is 0. The molecule has 14 heavy (non-hydrogen) atoms. The number of hydrogen-bond donors (Lipinski definition) is 0. The molecule has 0 aliphatic heterocycles. The monoisotopic (exact) mass is 190 g/mol. The molecule has 0 N–H and O–H groups in total. The van der Waals surface area contributed by atoms with Crippen molar-refractivity contribution in [2.24, 2.45) is 0 Å². The second-order valence-corrected chi connectivity index (χ2v) is 3.39. The lowest BCUT2D eigenvalue weighted by Crippen LogP contribution is -1.88. The molecule has 0 saturated heterocycles. The molecule has 0 atom stereocenters. The Balaban J connectivity index is 2.32. The van der Waals surface area contributed by atoms with Gasteiger partial charge in [0.2, 0.25) is 0 Å². The van der Waals surface area contributed by atoms with Crippen molar-refractivity contribution in [3.8, 4) is 0 Å². The quantitative estimate of drug-likeness (QED) is 0.741. The number of furan rings is 1. The zero-order valence-corrected chi connectivity index (χ0v) is 8.54. The van der Waals surface area contributed by atoms with Crippen LogP contribution in [0.5, 0.6) is 0 Å². The van der Waals surface area contributed by atoms with E-state index < -0.39 is 0 Å². The van der Waals surface area contributed by atoms with E-state index in [4.69, 9.17) is 9.15 Å². The molecule has 2 rings (SSSR count). The largest absolute Gasteiger partial charge is 0.459 e. The number of benzene rings is 1. The van der Waals surface area contributed by atoms with Gasteiger partial charge in [-0.1, -0.05) is 11.6 Å². The van der Waals surface area contributed by atoms with Crippen LogP contribution < -0.4 is 0 Å². The molecule has 0 saturated carbocycles. The molecule has 0 radical (unpaired) electrons. The number of aryl methyl sites for hydroxylation is 1. The number of fused-ring (bicyclic) bond motifs is 1. The first kappa shape index (κ1) is 9.28. The smallest absolute Gasteiger partial charge is 0.134 e. The van der Waals surface area contributed by atoms with E-state index >= 15 is 0 Å². The highest BCUT2D eigenvalue weighted by Gasteiger charge is 2.02. The van der Waals surface area contributed by atoms with Crippen molar-refractivity contribution in [1.82, 2.24) is 0 Å². The summed E-state index contributed by atoms with van der Waals surface area (Å²) in [5.41, 5.74) is 2.19. The fraction of sp³-hybridized carbons (Fsp3) is 0.333. The van der Waals surface area contributed by atoms with Gasteiger partial charge in [0, 0.05) is 12.0 Å². The van der Waals surface area contributed by atoms with Gasteiger partial charge in [0.15, 0.2) is 0 Å². The molecule has 2 nitrogen and oxygen atoms in total. The summed E-state index contributed by atoms with van der Waals surface area (Å²) in [5.74, 6) is 0.896. The highest BCUT2D eigenvalue weighted by Crippen LogP contribution is 2.20. The van der Waals surface area contributed by atoms with Crippen LogP contribution in [0.3, 0.4) is 0 Å². The molecular formula is C12H14O2. The van der Waals surface area contributed by atoms with Gasteiger partial charge in [-0.3, -0.25) is 0 Å². The first-order chi connectivity index (χ1) is 6.79. The summed E-state index contributed by atoms with van der Waals surface area (Å²) >= 11 is 0. The van der Waals surface area contributed by atoms with E-state index in [0.717, 1.165) is 23.3 Å². The van der Waals surface area contributed by atoms with Crippen molar-refractivity contribution in [2.45, 2.75) is 20.5 Å². The van der Waals surface area contributed by atoms with E-state index in [9.17, 15) is 0 Å². The Kier molecular flexibility index (Phi) is 2.55. The normalized spacial score (nSPS) is 11.0. The minimum Gasteiger partial charge on any atom is -0.459 e. The standard InChI is InChI=1S/C12H14O2/c1-3-13-8-11-7-10-6-9(2)4-5-12(10)14-11/h4-7H,3,8H2,1-2H3. The van der Waals surface area contributed by atoms with Gasteiger partial charge in [-0.05, 0) is 32.0 Å². The van der Waals surface area contributed by atoms with Crippen LogP contribution in [-0.4, -0.2) is 6.61 Å². The average molecular weight is 190 g/mol. The summed E-state index contributed by atoms with van der Waals surface area (Å²) in [4.78, 5) is 0. The van der Waals surface area contributed by atoms with Crippen LogP contribution in [-0.2, 0) is 11.3 Å². The Morgan fingerprint density at radius 2 is 2.14 bits per heavy atom. The second-order valence-electron chi connectivity index (χ2n) is 3.39. The molecular weight excluding hydrogens is 176 g/mol. The Hall–Kier alpha value is -1.28. The zero-order chi connectivity index (χ0) is 9.97. The zero-order valence-electron chi connectivity index (χ0n) is 8.54. The third-order valence-corrected chi connectivity index (χ3v) is 2.17. The molecule has 0 aliphatic rings. The summed E-state index contributed by atoms with van der Waals surface area (Å²) in [6.45, 7) is 5.34. The fourth-order valence-electron chi connectivity index (χ4n) is 1.49. The third kappa shape index (κ3) is 1.80. The third-order valence-electron chi connectivity index (χ3n) is 2.17. The first-order valence-corrected chi connectivity index (χ1v) is 4.86. The van der Waals surface area contributed by atoms with Crippen LogP contribution in [0.4, 0.5) is 0 Å². The number of rotatable bonds is 3. The van der Waals surface area contributed by atoms with E-state index in [2.05, 4.69) is 19.1 Å². The molecule has 0 amide bonds. The molecule has 1 aromatic carbocycles. The molecule has 0 bridgehead atoms. The minimum absolute atomic E-state index is 0.560. The predicted molar refractivity (Wildman–Crippen MR) is 56.3 cm³/mol. The van der Waals surface area contributed by atoms with Gasteiger partial charge >= 0.3 is 0 Å². The van der Waals surface area contributed by atoms with Gasteiger partial charge in [0.25, 0.3) is 0 Å². The highest BCUT2D eigenvalue weighted by atomic mass is 16.5. The topological polar surface area (TPSA) is 22.4 Å². The molecule has 0 aliphatic carbocycles. The van der Waals surface area contributed by atoms with Gasteiger partial charge in [-0.2, -0.15) is 0 Å². The van der Waals surface area contributed by atoms with Crippen LogP contribution in [0.2, 0.25) is 0 Å². The molecule has 2 aromatic rings. The van der Waals surface area contributed by atoms with Crippen LogP contribution in [0.15, 0.2) is 28.7 Å². The van der Waals surface area contributed by atoms with Gasteiger partial charge in [0.05, 0.1) is 0 Å². The van der Waals surface area contributed by atoms with Crippen molar-refractivity contribution in [3.63, 3.8) is 0 Å². The summed E-state index contributed by atoms with van der Waals surface area (Å²) < 4.78 is 10.9. The van der Waals surface area contributed by atoms with E-state index in [-0.39, 0.29) is 0 Å². The van der Waals surface area contributed by atoms with Crippen LogP contribution >= 0.6 is 0 Å². The predicted octanol–water partition coefficient (Wildman–Crippen LogP) is 3.28. The van der Waals surface area contributed by atoms with Gasteiger partial charge in [-0.25, -0.2) is 0 Å². The van der Waals surface area contributed by atoms with E-state index in [0.29, 0.717) is 6.61 Å². The van der Waals surface area contributed by atoms with E-state index in [1.165, 1.54) is 5.56 Å². The maximum atomic E-state index is 5.60.